The zero-order chi connectivity index (χ0) is 13.8. The normalized spacial score (nSPS) is 33.9. The van der Waals surface area contributed by atoms with Crippen LogP contribution in [0.4, 0.5) is 9.18 Å². The molecule has 6 heteroatoms. The molecule has 3 heterocycles. The monoisotopic (exact) mass is 266 g/mol. The fourth-order valence-corrected chi connectivity index (χ4v) is 3.62. The van der Waals surface area contributed by atoms with Gasteiger partial charge in [-0.3, -0.25) is 9.88 Å². The minimum Gasteiger partial charge on any atom is -0.465 e. The molecule has 5 nitrogen and oxygen atoms in total. The van der Waals surface area contributed by atoms with Crippen LogP contribution in [-0.2, 0) is 0 Å². The highest BCUT2D eigenvalue weighted by molar-refractivity contribution is 5.68. The molecular weight excluding hydrogens is 251 g/mol. The molecule has 1 aliphatic carbocycles. The van der Waals surface area contributed by atoms with Crippen molar-refractivity contribution in [2.75, 3.05) is 0 Å². The molecule has 19 heavy (non-hydrogen) atoms. The Hall–Kier alpha value is -1.69. The van der Waals surface area contributed by atoms with Gasteiger partial charge in [0.05, 0.1) is 12.2 Å². The number of carboxylic acid groups (broad SMARTS) is 1. The SMILES string of the molecule is CC12CC(C1)[C@H](C(O)c1cncc(F)c1)N2C(=O)O. The zero-order valence-electron chi connectivity index (χ0n) is 10.5. The molecule has 1 unspecified atom stereocenters. The highest BCUT2D eigenvalue weighted by atomic mass is 19.1. The van der Waals surface area contributed by atoms with E-state index in [9.17, 15) is 19.4 Å². The van der Waals surface area contributed by atoms with Crippen molar-refractivity contribution >= 4 is 6.09 Å². The number of hydrogen-bond acceptors (Lipinski definition) is 3. The highest BCUT2D eigenvalue weighted by Crippen LogP contribution is 2.57. The quantitative estimate of drug-likeness (QED) is 0.855. The lowest BCUT2D eigenvalue weighted by Crippen LogP contribution is -2.47. The summed E-state index contributed by atoms with van der Waals surface area (Å²) < 4.78 is 13.1. The van der Waals surface area contributed by atoms with Gasteiger partial charge in [0.25, 0.3) is 0 Å². The third-order valence-electron chi connectivity index (χ3n) is 4.36. The summed E-state index contributed by atoms with van der Waals surface area (Å²) in [6.45, 7) is 1.88. The molecule has 3 fully saturated rings. The molecule has 2 saturated heterocycles. The number of aliphatic hydroxyl groups excluding tert-OH is 1. The smallest absolute Gasteiger partial charge is 0.408 e. The Morgan fingerprint density at radius 1 is 1.58 bits per heavy atom. The second-order valence-corrected chi connectivity index (χ2v) is 5.69. The van der Waals surface area contributed by atoms with Crippen LogP contribution in [-0.4, -0.2) is 37.8 Å². The summed E-state index contributed by atoms with van der Waals surface area (Å²) in [6, 6.07) is 0.696. The van der Waals surface area contributed by atoms with Gasteiger partial charge in [0.2, 0.25) is 0 Å². The fraction of sp³-hybridized carbons (Fsp3) is 0.538. The van der Waals surface area contributed by atoms with Crippen LogP contribution in [0.5, 0.6) is 0 Å². The standard InChI is InChI=1S/C13H15FN2O3/c1-13-3-8(4-13)10(16(13)12(18)19)11(17)7-2-9(14)6-15-5-7/h2,5-6,8,10-11,17H,3-4H2,1H3,(H,18,19)/t8?,10-,11?,13?/m1/s1. The number of nitrogens with zero attached hydrogens (tertiary/aromatic N) is 2. The van der Waals surface area contributed by atoms with Crippen molar-refractivity contribution in [2.24, 2.45) is 5.92 Å². The maximum Gasteiger partial charge on any atom is 0.408 e. The molecule has 0 spiro atoms. The van der Waals surface area contributed by atoms with E-state index in [2.05, 4.69) is 4.98 Å². The van der Waals surface area contributed by atoms with Gasteiger partial charge >= 0.3 is 6.09 Å². The third-order valence-corrected chi connectivity index (χ3v) is 4.36. The first kappa shape index (κ1) is 12.3. The summed E-state index contributed by atoms with van der Waals surface area (Å²) >= 11 is 0. The Bertz CT molecular complexity index is 530. The van der Waals surface area contributed by atoms with Gasteiger partial charge in [0.15, 0.2) is 0 Å². The number of rotatable bonds is 2. The van der Waals surface area contributed by atoms with Gasteiger partial charge in [0.1, 0.15) is 11.9 Å². The van der Waals surface area contributed by atoms with Crippen LogP contribution in [0.25, 0.3) is 0 Å². The maximum absolute atomic E-state index is 13.1. The molecule has 2 atom stereocenters. The average Bonchev–Trinajstić information content (AvgIpc) is 2.76. The van der Waals surface area contributed by atoms with E-state index in [4.69, 9.17) is 0 Å². The number of carbonyl (C=O) groups is 1. The van der Waals surface area contributed by atoms with E-state index in [0.29, 0.717) is 5.56 Å². The largest absolute Gasteiger partial charge is 0.465 e. The van der Waals surface area contributed by atoms with Crippen molar-refractivity contribution in [3.05, 3.63) is 29.8 Å². The summed E-state index contributed by atoms with van der Waals surface area (Å²) in [5.74, 6) is -0.394. The first-order valence-corrected chi connectivity index (χ1v) is 6.23. The number of aromatic nitrogens is 1. The van der Waals surface area contributed by atoms with Crippen LogP contribution in [0.1, 0.15) is 31.4 Å². The Morgan fingerprint density at radius 2 is 2.26 bits per heavy atom. The van der Waals surface area contributed by atoms with E-state index in [1.165, 1.54) is 17.2 Å². The van der Waals surface area contributed by atoms with Crippen LogP contribution < -0.4 is 0 Å². The molecule has 102 valence electrons. The van der Waals surface area contributed by atoms with Gasteiger partial charge in [0, 0.05) is 17.3 Å². The Labute approximate surface area is 109 Å². The van der Waals surface area contributed by atoms with Crippen LogP contribution in [0.3, 0.4) is 0 Å². The van der Waals surface area contributed by atoms with Crippen molar-refractivity contribution < 1.29 is 19.4 Å². The topological polar surface area (TPSA) is 73.7 Å². The second-order valence-electron chi connectivity index (χ2n) is 5.69. The van der Waals surface area contributed by atoms with E-state index in [1.807, 2.05) is 6.92 Å². The molecule has 1 aromatic heterocycles. The van der Waals surface area contributed by atoms with Crippen molar-refractivity contribution in [2.45, 2.75) is 37.5 Å². The Kier molecular flexibility index (Phi) is 2.53. The van der Waals surface area contributed by atoms with Gasteiger partial charge in [-0.2, -0.15) is 0 Å². The van der Waals surface area contributed by atoms with E-state index in [-0.39, 0.29) is 11.5 Å². The minimum absolute atomic E-state index is 0.138. The molecule has 1 aromatic rings. The minimum atomic E-state index is -1.03. The molecule has 2 N–H and O–H groups in total. The molecule has 0 aromatic carbocycles. The van der Waals surface area contributed by atoms with Gasteiger partial charge in [-0.1, -0.05) is 0 Å². The number of fused-ring (bicyclic) bond motifs is 1. The van der Waals surface area contributed by atoms with Gasteiger partial charge in [-0.25, -0.2) is 9.18 Å². The van der Waals surface area contributed by atoms with Crippen molar-refractivity contribution in [1.82, 2.24) is 9.88 Å². The van der Waals surface area contributed by atoms with Crippen molar-refractivity contribution in [3.63, 3.8) is 0 Å². The van der Waals surface area contributed by atoms with Crippen LogP contribution in [0, 0.1) is 11.7 Å². The fourth-order valence-electron chi connectivity index (χ4n) is 3.62. The highest BCUT2D eigenvalue weighted by Gasteiger charge is 2.62. The number of aliphatic hydroxyl groups is 1. The first-order chi connectivity index (χ1) is 8.92. The summed E-state index contributed by atoms with van der Waals surface area (Å²) in [7, 11) is 0. The van der Waals surface area contributed by atoms with Crippen molar-refractivity contribution in [3.8, 4) is 0 Å². The van der Waals surface area contributed by atoms with Crippen molar-refractivity contribution in [1.29, 1.82) is 0 Å². The number of halogens is 1. The summed E-state index contributed by atoms with van der Waals surface area (Å²) in [6.07, 6.45) is 1.88. The van der Waals surface area contributed by atoms with Crippen LogP contribution in [0.2, 0.25) is 0 Å². The lowest BCUT2D eigenvalue weighted by Gasteiger charge is -2.37. The van der Waals surface area contributed by atoms with Gasteiger partial charge < -0.3 is 10.2 Å². The predicted molar refractivity (Wildman–Crippen MR) is 63.9 cm³/mol. The first-order valence-electron chi connectivity index (χ1n) is 6.23. The molecule has 0 radical (unpaired) electrons. The van der Waals surface area contributed by atoms with E-state index in [0.717, 1.165) is 19.0 Å². The average molecular weight is 266 g/mol. The predicted octanol–water partition coefficient (Wildman–Crippen LogP) is 1.78. The number of amides is 1. The summed E-state index contributed by atoms with van der Waals surface area (Å²) in [5.41, 5.74) is -0.0597. The number of hydrogen-bond donors (Lipinski definition) is 2. The maximum atomic E-state index is 13.1. The zero-order valence-corrected chi connectivity index (χ0v) is 10.5. The van der Waals surface area contributed by atoms with E-state index < -0.39 is 24.1 Å². The molecule has 2 aliphatic heterocycles. The van der Waals surface area contributed by atoms with Crippen LogP contribution in [0.15, 0.2) is 18.5 Å². The van der Waals surface area contributed by atoms with E-state index in [1.54, 1.807) is 0 Å². The second kappa shape index (κ2) is 3.90. The molecule has 2 bridgehead atoms. The molecule has 4 rings (SSSR count). The Balaban J connectivity index is 1.92. The molecular formula is C13H15FN2O3. The molecule has 1 saturated carbocycles. The van der Waals surface area contributed by atoms with Gasteiger partial charge in [-0.15, -0.1) is 0 Å². The van der Waals surface area contributed by atoms with E-state index >= 15 is 0 Å². The molecule has 1 amide bonds. The third kappa shape index (κ3) is 1.70. The summed E-state index contributed by atoms with van der Waals surface area (Å²) in [4.78, 5) is 16.4. The lowest BCUT2D eigenvalue weighted by molar-refractivity contribution is 0.0512. The van der Waals surface area contributed by atoms with Crippen LogP contribution >= 0.6 is 0 Å². The van der Waals surface area contributed by atoms with Gasteiger partial charge in [-0.05, 0) is 31.7 Å². The molecule has 3 aliphatic rings. The lowest BCUT2D eigenvalue weighted by atomic mass is 9.72. The number of pyridine rings is 1. The summed E-state index contributed by atoms with van der Waals surface area (Å²) in [5, 5.41) is 19.7. The Morgan fingerprint density at radius 3 is 2.84 bits per heavy atom.